The van der Waals surface area contributed by atoms with Crippen molar-refractivity contribution in [2.75, 3.05) is 19.9 Å². The van der Waals surface area contributed by atoms with Crippen LogP contribution in [0.5, 0.6) is 0 Å². The number of rotatable bonds is 22. The van der Waals surface area contributed by atoms with Gasteiger partial charge in [-0.25, -0.2) is 9.59 Å². The molecule has 0 aliphatic carbocycles. The summed E-state index contributed by atoms with van der Waals surface area (Å²) in [5.41, 5.74) is 21.9. The van der Waals surface area contributed by atoms with Crippen LogP contribution >= 0.6 is 0 Å². The van der Waals surface area contributed by atoms with Crippen LogP contribution in [0.2, 0.25) is 0 Å². The van der Waals surface area contributed by atoms with Gasteiger partial charge in [0.25, 0.3) is 0 Å². The van der Waals surface area contributed by atoms with Crippen LogP contribution in [0, 0.1) is 10.8 Å². The maximum Gasteiger partial charge on any atom is 0.331 e. The molecule has 244 valence electrons. The number of esters is 2. The van der Waals surface area contributed by atoms with Crippen molar-refractivity contribution in [2.24, 2.45) is 22.9 Å². The van der Waals surface area contributed by atoms with Crippen LogP contribution in [0.15, 0.2) is 0 Å². The molecule has 0 fully saturated rings. The number of hydrogen-bond donors (Lipinski definition) is 12. The number of nitrogens with one attached hydrogen (secondary N) is 6. The standard InChI is InChI=1S/C23H42N10O10/c24-12(3-1-9-30-22(26)27)18(38)32-14(5-7-16(34)35)20(40)42-11-43-21(41)15(6-8-17(36)37)33-19(39)13(25)4-2-10-31-23(28)29/h12-15H,1-11,24-25H2,(H,32,38)(H,33,39)(H,34,35)(H,36,37)(H4,26,27,30)(H4,28,29,31). The van der Waals surface area contributed by atoms with Crippen molar-refractivity contribution >= 4 is 47.6 Å². The third-order valence-electron chi connectivity index (χ3n) is 5.59. The summed E-state index contributed by atoms with van der Waals surface area (Å²) >= 11 is 0. The predicted octanol–water partition coefficient (Wildman–Crippen LogP) is -4.09. The molecule has 2 amide bonds. The average molecular weight is 619 g/mol. The minimum absolute atomic E-state index is 0.146. The summed E-state index contributed by atoms with van der Waals surface area (Å²) in [4.78, 5) is 71.9. The van der Waals surface area contributed by atoms with E-state index in [2.05, 4.69) is 21.3 Å². The van der Waals surface area contributed by atoms with E-state index in [9.17, 15) is 28.8 Å². The van der Waals surface area contributed by atoms with E-state index in [1.807, 2.05) is 0 Å². The molecule has 20 heteroatoms. The Balaban J connectivity index is 5.08. The lowest BCUT2D eigenvalue weighted by Crippen LogP contribution is -2.50. The van der Waals surface area contributed by atoms with Crippen molar-refractivity contribution in [2.45, 2.75) is 75.5 Å². The summed E-state index contributed by atoms with van der Waals surface area (Å²) < 4.78 is 9.72. The summed E-state index contributed by atoms with van der Waals surface area (Å²) in [6, 6.07) is -5.08. The van der Waals surface area contributed by atoms with E-state index in [-0.39, 0.29) is 50.7 Å². The fraction of sp³-hybridized carbons (Fsp3) is 0.652. The van der Waals surface area contributed by atoms with Gasteiger partial charge in [-0.3, -0.25) is 30.0 Å². The first kappa shape index (κ1) is 38.3. The monoisotopic (exact) mass is 618 g/mol. The largest absolute Gasteiger partial charge is 0.481 e. The van der Waals surface area contributed by atoms with Gasteiger partial charge in [-0.15, -0.1) is 0 Å². The predicted molar refractivity (Wildman–Crippen MR) is 149 cm³/mol. The first-order valence-corrected chi connectivity index (χ1v) is 13.2. The molecule has 43 heavy (non-hydrogen) atoms. The lowest BCUT2D eigenvalue weighted by molar-refractivity contribution is -0.171. The van der Waals surface area contributed by atoms with E-state index in [4.69, 9.17) is 53.4 Å². The highest BCUT2D eigenvalue weighted by Gasteiger charge is 2.28. The molecule has 0 heterocycles. The molecule has 0 spiro atoms. The SMILES string of the molecule is N=C(N)NCCCC(N)C(=O)NC(CCC(=O)O)C(=O)OCOC(=O)C(CCC(=O)O)NC(=O)C(N)CCCNC(=N)N. The molecule has 0 aromatic carbocycles. The summed E-state index contributed by atoms with van der Waals surface area (Å²) in [5.74, 6) is -6.88. The number of nitrogens with two attached hydrogens (primary N) is 4. The van der Waals surface area contributed by atoms with E-state index in [1.54, 1.807) is 0 Å². The van der Waals surface area contributed by atoms with Crippen LogP contribution in [-0.2, 0) is 38.2 Å². The maximum absolute atomic E-state index is 12.6. The Hall–Kier alpha value is -4.72. The van der Waals surface area contributed by atoms with Crippen LogP contribution in [0.4, 0.5) is 0 Å². The quantitative estimate of drug-likeness (QED) is 0.0180. The third kappa shape index (κ3) is 19.1. The number of amides is 2. The highest BCUT2D eigenvalue weighted by atomic mass is 16.7. The zero-order valence-corrected chi connectivity index (χ0v) is 23.6. The molecule has 0 aliphatic rings. The summed E-state index contributed by atoms with van der Waals surface area (Å²) in [5, 5.41) is 41.8. The van der Waals surface area contributed by atoms with Gasteiger partial charge in [0, 0.05) is 25.9 Å². The number of guanidine groups is 2. The molecule has 0 bridgehead atoms. The second-order valence-electron chi connectivity index (χ2n) is 9.21. The number of carbonyl (C=O) groups excluding carboxylic acids is 4. The Morgan fingerprint density at radius 3 is 1.30 bits per heavy atom. The zero-order chi connectivity index (χ0) is 32.9. The second kappa shape index (κ2) is 21.1. The van der Waals surface area contributed by atoms with Crippen molar-refractivity contribution in [3.63, 3.8) is 0 Å². The van der Waals surface area contributed by atoms with Gasteiger partial charge in [-0.1, -0.05) is 0 Å². The Morgan fingerprint density at radius 2 is 1.00 bits per heavy atom. The minimum atomic E-state index is -1.46. The molecule has 0 saturated heterocycles. The van der Waals surface area contributed by atoms with Crippen LogP contribution in [0.3, 0.4) is 0 Å². The van der Waals surface area contributed by atoms with E-state index in [0.717, 1.165) is 0 Å². The van der Waals surface area contributed by atoms with Crippen molar-refractivity contribution < 1.29 is 48.5 Å². The van der Waals surface area contributed by atoms with E-state index >= 15 is 0 Å². The van der Waals surface area contributed by atoms with Crippen molar-refractivity contribution in [3.8, 4) is 0 Å². The minimum Gasteiger partial charge on any atom is -0.481 e. The van der Waals surface area contributed by atoms with Gasteiger partial charge in [0.15, 0.2) is 11.9 Å². The van der Waals surface area contributed by atoms with Gasteiger partial charge in [0.1, 0.15) is 12.1 Å². The highest BCUT2D eigenvalue weighted by molar-refractivity contribution is 5.89. The number of ether oxygens (including phenoxy) is 2. The van der Waals surface area contributed by atoms with Crippen LogP contribution in [-0.4, -0.2) is 102 Å². The van der Waals surface area contributed by atoms with Gasteiger partial charge >= 0.3 is 23.9 Å². The lowest BCUT2D eigenvalue weighted by Gasteiger charge is -2.21. The zero-order valence-electron chi connectivity index (χ0n) is 23.6. The van der Waals surface area contributed by atoms with Crippen LogP contribution < -0.4 is 44.2 Å². The lowest BCUT2D eigenvalue weighted by atomic mass is 10.1. The molecule has 0 aromatic rings. The fourth-order valence-electron chi connectivity index (χ4n) is 3.29. The molecule has 0 radical (unpaired) electrons. The number of carboxylic acid groups (broad SMARTS) is 2. The van der Waals surface area contributed by atoms with Gasteiger partial charge in [0.05, 0.1) is 12.1 Å². The molecule has 0 aromatic heterocycles. The summed E-state index contributed by atoms with van der Waals surface area (Å²) in [6.45, 7) is -0.461. The first-order valence-electron chi connectivity index (χ1n) is 13.2. The number of hydrogen-bond acceptors (Lipinski definition) is 12. The number of carbonyl (C=O) groups is 6. The Morgan fingerprint density at radius 1 is 0.651 bits per heavy atom. The fourth-order valence-corrected chi connectivity index (χ4v) is 3.29. The van der Waals surface area contributed by atoms with E-state index < -0.39 is 79.5 Å². The summed E-state index contributed by atoms with van der Waals surface area (Å²) in [6.07, 6.45) is -0.781. The van der Waals surface area contributed by atoms with Crippen LogP contribution in [0.1, 0.15) is 51.4 Å². The Kier molecular flexibility index (Phi) is 18.7. The Labute approximate surface area is 246 Å². The maximum atomic E-state index is 12.6. The Bertz CT molecular complexity index is 920. The molecule has 4 atom stereocenters. The highest BCUT2D eigenvalue weighted by Crippen LogP contribution is 2.06. The smallest absolute Gasteiger partial charge is 0.331 e. The molecular formula is C23H42N10O10. The first-order chi connectivity index (χ1) is 20.1. The third-order valence-corrected chi connectivity index (χ3v) is 5.59. The number of aliphatic carboxylic acids is 2. The van der Waals surface area contributed by atoms with Crippen LogP contribution in [0.25, 0.3) is 0 Å². The van der Waals surface area contributed by atoms with E-state index in [1.165, 1.54) is 0 Å². The topological polar surface area (TPSA) is 361 Å². The van der Waals surface area contributed by atoms with E-state index in [0.29, 0.717) is 12.8 Å². The average Bonchev–Trinajstić information content (AvgIpc) is 2.92. The summed E-state index contributed by atoms with van der Waals surface area (Å²) in [7, 11) is 0. The molecule has 16 N–H and O–H groups in total. The van der Waals surface area contributed by atoms with Crippen molar-refractivity contribution in [1.29, 1.82) is 10.8 Å². The molecule has 0 saturated carbocycles. The van der Waals surface area contributed by atoms with Gasteiger partial charge < -0.3 is 63.9 Å². The second-order valence-corrected chi connectivity index (χ2v) is 9.21. The molecule has 0 rings (SSSR count). The van der Waals surface area contributed by atoms with Gasteiger partial charge in [-0.2, -0.15) is 0 Å². The molecule has 0 aliphatic heterocycles. The van der Waals surface area contributed by atoms with Gasteiger partial charge in [0.2, 0.25) is 18.6 Å². The molecule has 4 unspecified atom stereocenters. The molecular weight excluding hydrogens is 576 g/mol. The van der Waals surface area contributed by atoms with Crippen molar-refractivity contribution in [1.82, 2.24) is 21.3 Å². The number of carboxylic acids is 2. The molecule has 20 nitrogen and oxygen atoms in total. The normalized spacial score (nSPS) is 13.3. The van der Waals surface area contributed by atoms with Gasteiger partial charge in [-0.05, 0) is 38.5 Å². The van der Waals surface area contributed by atoms with Crippen molar-refractivity contribution in [3.05, 3.63) is 0 Å².